The number of nitrogens with zero attached hydrogens (tertiary/aromatic N) is 3. The van der Waals surface area contributed by atoms with Gasteiger partial charge in [-0.15, -0.1) is 0 Å². The zero-order valence-electron chi connectivity index (χ0n) is 20.8. The lowest BCUT2D eigenvalue weighted by Gasteiger charge is -2.15. The SMILES string of the molecule is Cc1ccc(C(C)C)c(OCCCn2c(CCCNC(=O)c3ccccn3)nc3ccccc32)c1. The molecule has 35 heavy (non-hydrogen) atoms. The minimum atomic E-state index is -0.145. The number of rotatable bonds is 11. The van der Waals surface area contributed by atoms with Crippen LogP contribution in [-0.2, 0) is 13.0 Å². The topological polar surface area (TPSA) is 69.0 Å². The van der Waals surface area contributed by atoms with Crippen LogP contribution in [0.5, 0.6) is 5.75 Å². The van der Waals surface area contributed by atoms with E-state index >= 15 is 0 Å². The van der Waals surface area contributed by atoms with E-state index in [2.05, 4.69) is 72.0 Å². The lowest BCUT2D eigenvalue weighted by atomic mass is 10.0. The summed E-state index contributed by atoms with van der Waals surface area (Å²) in [5.41, 5.74) is 5.04. The minimum Gasteiger partial charge on any atom is -0.493 e. The molecule has 0 atom stereocenters. The van der Waals surface area contributed by atoms with Crippen molar-refractivity contribution >= 4 is 16.9 Å². The molecular weight excluding hydrogens is 436 g/mol. The van der Waals surface area contributed by atoms with Gasteiger partial charge >= 0.3 is 0 Å². The second kappa shape index (κ2) is 11.6. The van der Waals surface area contributed by atoms with Crippen LogP contribution in [0.15, 0.2) is 66.9 Å². The number of carbonyl (C=O) groups is 1. The molecule has 0 saturated heterocycles. The molecule has 1 N–H and O–H groups in total. The molecule has 2 heterocycles. The molecule has 1 amide bonds. The monoisotopic (exact) mass is 470 g/mol. The Morgan fingerprint density at radius 2 is 1.89 bits per heavy atom. The van der Waals surface area contributed by atoms with Gasteiger partial charge in [0.25, 0.3) is 5.91 Å². The zero-order valence-corrected chi connectivity index (χ0v) is 20.8. The summed E-state index contributed by atoms with van der Waals surface area (Å²) < 4.78 is 8.50. The number of para-hydroxylation sites is 2. The third-order valence-corrected chi connectivity index (χ3v) is 6.07. The fraction of sp³-hybridized carbons (Fsp3) is 0.345. The van der Waals surface area contributed by atoms with E-state index in [-0.39, 0.29) is 5.91 Å². The first-order valence-corrected chi connectivity index (χ1v) is 12.4. The summed E-state index contributed by atoms with van der Waals surface area (Å²) in [5, 5.41) is 2.95. The van der Waals surface area contributed by atoms with Gasteiger partial charge in [0.15, 0.2) is 0 Å². The predicted octanol–water partition coefficient (Wildman–Crippen LogP) is 5.69. The van der Waals surface area contributed by atoms with Crippen molar-refractivity contribution < 1.29 is 9.53 Å². The molecule has 0 spiro atoms. The first kappa shape index (κ1) is 24.5. The van der Waals surface area contributed by atoms with E-state index in [1.54, 1.807) is 18.3 Å². The van der Waals surface area contributed by atoms with E-state index in [0.717, 1.165) is 48.4 Å². The molecule has 182 valence electrons. The van der Waals surface area contributed by atoms with Crippen LogP contribution in [0.4, 0.5) is 0 Å². The van der Waals surface area contributed by atoms with E-state index < -0.39 is 0 Å². The molecule has 0 aliphatic carbocycles. The normalized spacial score (nSPS) is 11.2. The maximum absolute atomic E-state index is 12.2. The maximum Gasteiger partial charge on any atom is 0.269 e. The first-order valence-electron chi connectivity index (χ1n) is 12.4. The number of pyridine rings is 1. The van der Waals surface area contributed by atoms with Gasteiger partial charge in [-0.3, -0.25) is 9.78 Å². The number of fused-ring (bicyclic) bond motifs is 1. The maximum atomic E-state index is 12.2. The average molecular weight is 471 g/mol. The molecule has 4 rings (SSSR count). The molecule has 0 unspecified atom stereocenters. The summed E-state index contributed by atoms with van der Waals surface area (Å²) in [6, 6.07) is 20.0. The number of imidazole rings is 1. The summed E-state index contributed by atoms with van der Waals surface area (Å²) in [7, 11) is 0. The van der Waals surface area contributed by atoms with Crippen LogP contribution in [0, 0.1) is 6.92 Å². The molecule has 6 nitrogen and oxygen atoms in total. The lowest BCUT2D eigenvalue weighted by molar-refractivity contribution is 0.0948. The van der Waals surface area contributed by atoms with Crippen molar-refractivity contribution in [3.8, 4) is 5.75 Å². The Morgan fingerprint density at radius 3 is 2.69 bits per heavy atom. The number of nitrogens with one attached hydrogen (secondary N) is 1. The van der Waals surface area contributed by atoms with Crippen LogP contribution in [0.1, 0.15) is 60.0 Å². The summed E-state index contributed by atoms with van der Waals surface area (Å²) in [4.78, 5) is 21.2. The van der Waals surface area contributed by atoms with Crippen molar-refractivity contribution in [3.05, 3.63) is 89.5 Å². The summed E-state index contributed by atoms with van der Waals surface area (Å²) in [6.45, 7) is 8.54. The molecule has 0 aliphatic rings. The Kier molecular flexibility index (Phi) is 8.14. The smallest absolute Gasteiger partial charge is 0.269 e. The predicted molar refractivity (Wildman–Crippen MR) is 140 cm³/mol. The molecule has 2 aromatic heterocycles. The highest BCUT2D eigenvalue weighted by Gasteiger charge is 2.12. The largest absolute Gasteiger partial charge is 0.493 e. The summed E-state index contributed by atoms with van der Waals surface area (Å²) in [5.74, 6) is 2.30. The number of hydrogen-bond donors (Lipinski definition) is 1. The number of aromatic nitrogens is 3. The highest BCUT2D eigenvalue weighted by molar-refractivity contribution is 5.92. The van der Waals surface area contributed by atoms with Crippen molar-refractivity contribution in [2.24, 2.45) is 0 Å². The van der Waals surface area contributed by atoms with Crippen molar-refractivity contribution in [3.63, 3.8) is 0 Å². The third-order valence-electron chi connectivity index (χ3n) is 6.07. The van der Waals surface area contributed by atoms with Gasteiger partial charge in [0, 0.05) is 25.7 Å². The van der Waals surface area contributed by atoms with Crippen LogP contribution < -0.4 is 10.1 Å². The number of ether oxygens (including phenoxy) is 1. The van der Waals surface area contributed by atoms with Gasteiger partial charge < -0.3 is 14.6 Å². The van der Waals surface area contributed by atoms with Crippen LogP contribution in [0.25, 0.3) is 11.0 Å². The standard InChI is InChI=1S/C29H34N4O2/c1-21(2)23-15-14-22(3)20-27(23)35-19-9-18-33-26-12-5-4-10-24(26)32-28(33)13-8-17-31-29(34)25-11-6-7-16-30-25/h4-7,10-12,14-16,20-21H,8-9,13,17-19H2,1-3H3,(H,31,34). The molecular formula is C29H34N4O2. The van der Waals surface area contributed by atoms with E-state index in [1.807, 2.05) is 12.1 Å². The van der Waals surface area contributed by atoms with Gasteiger partial charge in [-0.25, -0.2) is 4.98 Å². The van der Waals surface area contributed by atoms with Gasteiger partial charge in [-0.05, 0) is 67.1 Å². The molecule has 4 aromatic rings. The number of carbonyl (C=O) groups excluding carboxylic acids is 1. The number of aryl methyl sites for hydroxylation is 3. The van der Waals surface area contributed by atoms with Gasteiger partial charge in [-0.2, -0.15) is 0 Å². The minimum absolute atomic E-state index is 0.145. The molecule has 0 saturated carbocycles. The molecule has 2 aromatic carbocycles. The third kappa shape index (κ3) is 6.27. The van der Waals surface area contributed by atoms with Crippen molar-refractivity contribution in [1.29, 1.82) is 0 Å². The number of benzene rings is 2. The van der Waals surface area contributed by atoms with Crippen LogP contribution in [0.3, 0.4) is 0 Å². The van der Waals surface area contributed by atoms with Gasteiger partial charge in [0.2, 0.25) is 0 Å². The molecule has 0 fully saturated rings. The van der Waals surface area contributed by atoms with Crippen LogP contribution >= 0.6 is 0 Å². The Balaban J connectivity index is 1.35. The Hall–Kier alpha value is -3.67. The van der Waals surface area contributed by atoms with E-state index in [1.165, 1.54) is 11.1 Å². The lowest BCUT2D eigenvalue weighted by Crippen LogP contribution is -2.25. The summed E-state index contributed by atoms with van der Waals surface area (Å²) >= 11 is 0. The Morgan fingerprint density at radius 1 is 1.06 bits per heavy atom. The highest BCUT2D eigenvalue weighted by atomic mass is 16.5. The van der Waals surface area contributed by atoms with E-state index in [4.69, 9.17) is 9.72 Å². The van der Waals surface area contributed by atoms with E-state index in [9.17, 15) is 4.79 Å². The molecule has 0 aliphatic heterocycles. The Labute approximate surface area is 207 Å². The quantitative estimate of drug-likeness (QED) is 0.286. The fourth-order valence-electron chi connectivity index (χ4n) is 4.25. The molecule has 0 bridgehead atoms. The zero-order chi connectivity index (χ0) is 24.6. The average Bonchev–Trinajstić information content (AvgIpc) is 3.22. The van der Waals surface area contributed by atoms with Crippen molar-refractivity contribution in [2.45, 2.75) is 52.5 Å². The number of amides is 1. The molecule has 6 heteroatoms. The van der Waals surface area contributed by atoms with Gasteiger partial charge in [0.05, 0.1) is 17.6 Å². The second-order valence-corrected chi connectivity index (χ2v) is 9.14. The van der Waals surface area contributed by atoms with Crippen molar-refractivity contribution in [2.75, 3.05) is 13.2 Å². The fourth-order valence-corrected chi connectivity index (χ4v) is 4.25. The van der Waals surface area contributed by atoms with Gasteiger partial charge in [-0.1, -0.05) is 44.2 Å². The highest BCUT2D eigenvalue weighted by Crippen LogP contribution is 2.27. The number of hydrogen-bond acceptors (Lipinski definition) is 4. The first-order chi connectivity index (χ1) is 17.0. The van der Waals surface area contributed by atoms with E-state index in [0.29, 0.717) is 24.8 Å². The van der Waals surface area contributed by atoms with Gasteiger partial charge in [0.1, 0.15) is 17.3 Å². The van der Waals surface area contributed by atoms with Crippen molar-refractivity contribution in [1.82, 2.24) is 19.9 Å². The second-order valence-electron chi connectivity index (χ2n) is 9.14. The van der Waals surface area contributed by atoms with Crippen LogP contribution in [-0.4, -0.2) is 33.6 Å². The Bertz CT molecular complexity index is 1260. The summed E-state index contributed by atoms with van der Waals surface area (Å²) in [6.07, 6.45) is 4.10. The molecule has 0 radical (unpaired) electrons. The van der Waals surface area contributed by atoms with Crippen LogP contribution in [0.2, 0.25) is 0 Å².